The quantitative estimate of drug-likeness (QED) is 0.696. The summed E-state index contributed by atoms with van der Waals surface area (Å²) in [5, 5.41) is 8.96. The zero-order valence-electron chi connectivity index (χ0n) is 7.72. The average Bonchev–Trinajstić information content (AvgIpc) is 2.33. The normalized spacial score (nSPS) is 16.1. The lowest BCUT2D eigenvalue weighted by Gasteiger charge is -2.17. The minimum atomic E-state index is -0.765. The summed E-state index contributed by atoms with van der Waals surface area (Å²) in [4.78, 5) is 0. The summed E-state index contributed by atoms with van der Waals surface area (Å²) in [6.45, 7) is 5.46. The number of aliphatic hydroxyl groups is 1. The maximum Gasteiger partial charge on any atom is 0.126 e. The molecule has 1 aromatic heterocycles. The van der Waals surface area contributed by atoms with Crippen LogP contribution < -0.4 is 5.73 Å². The van der Waals surface area contributed by atoms with Crippen LogP contribution in [0.1, 0.15) is 24.0 Å². The summed E-state index contributed by atoms with van der Waals surface area (Å²) in [7, 11) is 0. The van der Waals surface area contributed by atoms with Gasteiger partial charge in [-0.05, 0) is 32.4 Å². The molecule has 0 saturated heterocycles. The minimum absolute atomic E-state index is 0.112. The molecule has 1 atom stereocenters. The summed E-state index contributed by atoms with van der Waals surface area (Å²) >= 11 is 0. The third kappa shape index (κ3) is 1.52. The van der Waals surface area contributed by atoms with Gasteiger partial charge in [0, 0.05) is 0 Å². The Kier molecular flexibility index (Phi) is 2.26. The molecule has 3 heteroatoms. The van der Waals surface area contributed by atoms with Gasteiger partial charge in [-0.25, -0.2) is 0 Å². The van der Waals surface area contributed by atoms with Gasteiger partial charge in [-0.1, -0.05) is 0 Å². The number of hydrogen-bond donors (Lipinski definition) is 2. The van der Waals surface area contributed by atoms with Gasteiger partial charge in [-0.2, -0.15) is 0 Å². The van der Waals surface area contributed by atoms with Crippen molar-refractivity contribution in [2.45, 2.75) is 26.3 Å². The smallest absolute Gasteiger partial charge is 0.126 e. The lowest BCUT2D eigenvalue weighted by atomic mass is 10.0. The van der Waals surface area contributed by atoms with Crippen LogP contribution in [-0.4, -0.2) is 11.7 Å². The van der Waals surface area contributed by atoms with E-state index in [0.717, 1.165) is 11.3 Å². The first-order valence-corrected chi connectivity index (χ1v) is 3.94. The summed E-state index contributed by atoms with van der Waals surface area (Å²) in [6.07, 6.45) is 0. The lowest BCUT2D eigenvalue weighted by Crippen LogP contribution is -2.36. The van der Waals surface area contributed by atoms with E-state index in [1.165, 1.54) is 0 Å². The Bertz CT molecular complexity index is 257. The average molecular weight is 169 g/mol. The molecule has 0 aliphatic carbocycles. The van der Waals surface area contributed by atoms with Crippen LogP contribution >= 0.6 is 0 Å². The maximum atomic E-state index is 8.96. The van der Waals surface area contributed by atoms with Gasteiger partial charge in [0.1, 0.15) is 11.5 Å². The first-order valence-electron chi connectivity index (χ1n) is 3.94. The van der Waals surface area contributed by atoms with Gasteiger partial charge in [0.2, 0.25) is 0 Å². The van der Waals surface area contributed by atoms with Gasteiger partial charge in [-0.15, -0.1) is 0 Å². The summed E-state index contributed by atoms with van der Waals surface area (Å²) in [5.74, 6) is 1.50. The third-order valence-corrected chi connectivity index (χ3v) is 2.06. The zero-order valence-corrected chi connectivity index (χ0v) is 7.72. The van der Waals surface area contributed by atoms with E-state index in [9.17, 15) is 0 Å². The fourth-order valence-electron chi connectivity index (χ4n) is 0.933. The van der Waals surface area contributed by atoms with Gasteiger partial charge in [0.05, 0.1) is 12.1 Å². The summed E-state index contributed by atoms with van der Waals surface area (Å²) in [6, 6.07) is 1.87. The van der Waals surface area contributed by atoms with E-state index in [0.29, 0.717) is 5.76 Å². The molecule has 0 aliphatic rings. The molecule has 3 N–H and O–H groups in total. The predicted octanol–water partition coefficient (Wildman–Crippen LogP) is 1.06. The minimum Gasteiger partial charge on any atom is -0.464 e. The zero-order chi connectivity index (χ0) is 9.35. The van der Waals surface area contributed by atoms with E-state index < -0.39 is 5.54 Å². The Labute approximate surface area is 72.2 Å². The maximum absolute atomic E-state index is 8.96. The fraction of sp³-hybridized carbons (Fsp3) is 0.556. The second-order valence-corrected chi connectivity index (χ2v) is 3.43. The van der Waals surface area contributed by atoms with Crippen molar-refractivity contribution in [1.82, 2.24) is 0 Å². The topological polar surface area (TPSA) is 59.4 Å². The van der Waals surface area contributed by atoms with Crippen molar-refractivity contribution in [3.63, 3.8) is 0 Å². The molecule has 0 radical (unpaired) electrons. The molecule has 0 bridgehead atoms. The van der Waals surface area contributed by atoms with Crippen molar-refractivity contribution in [3.05, 3.63) is 23.2 Å². The Balaban J connectivity index is 3.04. The van der Waals surface area contributed by atoms with Crippen LogP contribution in [-0.2, 0) is 5.54 Å². The van der Waals surface area contributed by atoms with Crippen LogP contribution in [0.15, 0.2) is 10.5 Å². The molecule has 68 valence electrons. The van der Waals surface area contributed by atoms with Crippen molar-refractivity contribution in [2.24, 2.45) is 5.73 Å². The van der Waals surface area contributed by atoms with Crippen LogP contribution in [0.25, 0.3) is 0 Å². The van der Waals surface area contributed by atoms with Crippen LogP contribution in [0.3, 0.4) is 0 Å². The molecule has 0 saturated carbocycles. The molecule has 0 spiro atoms. The van der Waals surface area contributed by atoms with E-state index in [-0.39, 0.29) is 6.61 Å². The molecule has 0 fully saturated rings. The number of aryl methyl sites for hydroxylation is 2. The van der Waals surface area contributed by atoms with Crippen molar-refractivity contribution < 1.29 is 9.52 Å². The largest absolute Gasteiger partial charge is 0.464 e. The Morgan fingerprint density at radius 1 is 1.58 bits per heavy atom. The van der Waals surface area contributed by atoms with Gasteiger partial charge in [-0.3, -0.25) is 0 Å². The van der Waals surface area contributed by atoms with Crippen LogP contribution in [0.2, 0.25) is 0 Å². The molecule has 0 unspecified atom stereocenters. The first kappa shape index (κ1) is 9.29. The molecule has 1 aromatic rings. The molecule has 0 amide bonds. The predicted molar refractivity (Wildman–Crippen MR) is 46.8 cm³/mol. The lowest BCUT2D eigenvalue weighted by molar-refractivity contribution is 0.187. The highest BCUT2D eigenvalue weighted by Gasteiger charge is 2.24. The number of rotatable bonds is 2. The number of hydrogen-bond acceptors (Lipinski definition) is 3. The monoisotopic (exact) mass is 169 g/mol. The molecule has 12 heavy (non-hydrogen) atoms. The molecular formula is C9H15NO2. The Morgan fingerprint density at radius 3 is 2.50 bits per heavy atom. The van der Waals surface area contributed by atoms with E-state index in [4.69, 9.17) is 15.3 Å². The van der Waals surface area contributed by atoms with Gasteiger partial charge in [0.25, 0.3) is 0 Å². The Hall–Kier alpha value is -0.800. The molecular weight excluding hydrogens is 154 g/mol. The molecule has 1 heterocycles. The van der Waals surface area contributed by atoms with Gasteiger partial charge in [0.15, 0.2) is 0 Å². The van der Waals surface area contributed by atoms with Crippen molar-refractivity contribution in [1.29, 1.82) is 0 Å². The van der Waals surface area contributed by atoms with Crippen molar-refractivity contribution in [3.8, 4) is 0 Å². The van der Waals surface area contributed by atoms with E-state index >= 15 is 0 Å². The Morgan fingerprint density at radius 2 is 2.17 bits per heavy atom. The number of nitrogens with two attached hydrogens (primary N) is 1. The molecule has 3 nitrogen and oxygen atoms in total. The highest BCUT2D eigenvalue weighted by Crippen LogP contribution is 2.22. The second-order valence-electron chi connectivity index (χ2n) is 3.43. The molecule has 1 rings (SSSR count). The van der Waals surface area contributed by atoms with E-state index in [2.05, 4.69) is 0 Å². The van der Waals surface area contributed by atoms with Gasteiger partial charge >= 0.3 is 0 Å². The molecule has 0 aliphatic heterocycles. The first-order chi connectivity index (χ1) is 5.47. The van der Waals surface area contributed by atoms with Crippen molar-refractivity contribution in [2.75, 3.05) is 6.61 Å². The fourth-order valence-corrected chi connectivity index (χ4v) is 0.933. The number of furan rings is 1. The number of aliphatic hydroxyl groups excluding tert-OH is 1. The summed E-state index contributed by atoms with van der Waals surface area (Å²) < 4.78 is 5.38. The highest BCUT2D eigenvalue weighted by atomic mass is 16.3. The van der Waals surface area contributed by atoms with E-state index in [1.54, 1.807) is 6.92 Å². The van der Waals surface area contributed by atoms with Crippen LogP contribution in [0, 0.1) is 13.8 Å². The SMILES string of the molecule is Cc1cc([C@](C)(N)CO)oc1C. The highest BCUT2D eigenvalue weighted by molar-refractivity contribution is 5.23. The standard InChI is InChI=1S/C9H15NO2/c1-6-4-8(12-7(6)2)9(3,10)5-11/h4,11H,5,10H2,1-3H3/t9-/m1/s1. The summed E-state index contributed by atoms with van der Waals surface area (Å²) in [5.41, 5.74) is 6.08. The molecule has 0 aromatic carbocycles. The third-order valence-electron chi connectivity index (χ3n) is 2.06. The van der Waals surface area contributed by atoms with Gasteiger partial charge < -0.3 is 15.3 Å². The van der Waals surface area contributed by atoms with Crippen molar-refractivity contribution >= 4 is 0 Å². The van der Waals surface area contributed by atoms with E-state index in [1.807, 2.05) is 19.9 Å². The van der Waals surface area contributed by atoms with Crippen LogP contribution in [0.5, 0.6) is 0 Å². The second kappa shape index (κ2) is 2.92. The van der Waals surface area contributed by atoms with Crippen LogP contribution in [0.4, 0.5) is 0 Å².